The quantitative estimate of drug-likeness (QED) is 0.574. The number of anilines is 2. The fourth-order valence-corrected chi connectivity index (χ4v) is 3.64. The van der Waals surface area contributed by atoms with Crippen LogP contribution >= 0.6 is 11.3 Å². The number of aryl methyl sites for hydroxylation is 1. The van der Waals surface area contributed by atoms with Gasteiger partial charge in [0.15, 0.2) is 11.2 Å². The smallest absolute Gasteiger partial charge is 0.333 e. The van der Waals surface area contributed by atoms with Gasteiger partial charge in [0.25, 0.3) is 5.91 Å². The van der Waals surface area contributed by atoms with Crippen molar-refractivity contribution in [2.75, 3.05) is 19.5 Å². The maximum Gasteiger partial charge on any atom is 0.333 e. The summed E-state index contributed by atoms with van der Waals surface area (Å²) in [5, 5.41) is 6.46. The molecular formula is C21H21N3O4S. The largest absolute Gasteiger partial charge is 0.495 e. The van der Waals surface area contributed by atoms with E-state index in [1.807, 2.05) is 30.3 Å². The monoisotopic (exact) mass is 411 g/mol. The molecule has 0 unspecified atom stereocenters. The number of esters is 1. The summed E-state index contributed by atoms with van der Waals surface area (Å²) in [7, 11) is 2.88. The van der Waals surface area contributed by atoms with E-state index >= 15 is 0 Å². The molecule has 1 amide bonds. The van der Waals surface area contributed by atoms with Crippen LogP contribution in [-0.4, -0.2) is 31.1 Å². The molecule has 0 saturated carbocycles. The van der Waals surface area contributed by atoms with Crippen molar-refractivity contribution in [3.05, 3.63) is 70.7 Å². The minimum Gasteiger partial charge on any atom is -0.495 e. The second-order valence-corrected chi connectivity index (χ2v) is 7.10. The highest BCUT2D eigenvalue weighted by Crippen LogP contribution is 2.31. The van der Waals surface area contributed by atoms with E-state index < -0.39 is 17.9 Å². The molecule has 0 aliphatic carbocycles. The van der Waals surface area contributed by atoms with Crippen LogP contribution < -0.4 is 15.4 Å². The zero-order chi connectivity index (χ0) is 20.8. The van der Waals surface area contributed by atoms with Crippen molar-refractivity contribution in [2.24, 2.45) is 0 Å². The third-order valence-corrected chi connectivity index (χ3v) is 5.27. The summed E-state index contributed by atoms with van der Waals surface area (Å²) in [5.74, 6) is -0.271. The summed E-state index contributed by atoms with van der Waals surface area (Å²) in [6.07, 6.45) is 0. The number of thiazole rings is 1. The number of benzene rings is 2. The average molecular weight is 411 g/mol. The number of amides is 1. The second-order valence-electron chi connectivity index (χ2n) is 6.10. The summed E-state index contributed by atoms with van der Waals surface area (Å²) in [6, 6.07) is 15.5. The number of ether oxygens (including phenoxy) is 2. The molecule has 0 aliphatic heterocycles. The van der Waals surface area contributed by atoms with Crippen molar-refractivity contribution in [3.8, 4) is 5.75 Å². The summed E-state index contributed by atoms with van der Waals surface area (Å²) in [6.45, 7) is 1.74. The highest BCUT2D eigenvalue weighted by molar-refractivity contribution is 7.17. The van der Waals surface area contributed by atoms with Crippen molar-refractivity contribution < 1.29 is 19.1 Å². The summed E-state index contributed by atoms with van der Waals surface area (Å²) >= 11 is 1.20. The van der Waals surface area contributed by atoms with E-state index in [1.54, 1.807) is 38.3 Å². The fraction of sp³-hybridized carbons (Fsp3) is 0.190. The summed E-state index contributed by atoms with van der Waals surface area (Å²) in [4.78, 5) is 29.9. The Hall–Kier alpha value is -3.39. The molecule has 0 saturated heterocycles. The Morgan fingerprint density at radius 3 is 2.41 bits per heavy atom. The predicted octanol–water partition coefficient (Wildman–Crippen LogP) is 3.85. The molecule has 1 aromatic heterocycles. The minimum absolute atomic E-state index is 0.396. The van der Waals surface area contributed by atoms with E-state index in [4.69, 9.17) is 9.47 Å². The van der Waals surface area contributed by atoms with Crippen LogP contribution in [0.1, 0.15) is 27.0 Å². The SMILES string of the molecule is COC(=O)[C@H](NC(=O)c1sc(Nc2ccccc2OC)nc1C)c1ccccc1. The van der Waals surface area contributed by atoms with Gasteiger partial charge in [0.05, 0.1) is 25.6 Å². The molecule has 2 N–H and O–H groups in total. The zero-order valence-corrected chi connectivity index (χ0v) is 17.1. The number of aromatic nitrogens is 1. The molecule has 2 aromatic carbocycles. The first-order valence-corrected chi connectivity index (χ1v) is 9.66. The fourth-order valence-electron chi connectivity index (χ4n) is 2.76. The Morgan fingerprint density at radius 2 is 1.72 bits per heavy atom. The van der Waals surface area contributed by atoms with Gasteiger partial charge in [-0.2, -0.15) is 0 Å². The molecule has 3 aromatic rings. The van der Waals surface area contributed by atoms with Gasteiger partial charge < -0.3 is 20.1 Å². The lowest BCUT2D eigenvalue weighted by molar-refractivity contribution is -0.143. The van der Waals surface area contributed by atoms with Crippen molar-refractivity contribution in [1.82, 2.24) is 10.3 Å². The lowest BCUT2D eigenvalue weighted by Gasteiger charge is -2.16. The lowest BCUT2D eigenvalue weighted by Crippen LogP contribution is -2.34. The molecule has 1 heterocycles. The molecule has 0 fully saturated rings. The van der Waals surface area contributed by atoms with Crippen LogP contribution in [0.25, 0.3) is 0 Å². The van der Waals surface area contributed by atoms with E-state index in [2.05, 4.69) is 15.6 Å². The number of nitrogens with zero attached hydrogens (tertiary/aromatic N) is 1. The molecule has 0 spiro atoms. The molecule has 3 rings (SSSR count). The number of nitrogens with one attached hydrogen (secondary N) is 2. The number of methoxy groups -OCH3 is 2. The molecule has 0 aliphatic rings. The standard InChI is InChI=1S/C21H21N3O4S/c1-13-18(29-21(22-13)23-15-11-7-8-12-16(15)27-2)19(25)24-17(20(26)28-3)14-9-5-4-6-10-14/h4-12,17H,1-3H3,(H,22,23)(H,24,25)/t17-/m1/s1. The van der Waals surface area contributed by atoms with Gasteiger partial charge in [-0.05, 0) is 24.6 Å². The number of hydrogen-bond donors (Lipinski definition) is 2. The highest BCUT2D eigenvalue weighted by Gasteiger charge is 2.26. The third kappa shape index (κ3) is 4.72. The summed E-state index contributed by atoms with van der Waals surface area (Å²) < 4.78 is 10.2. The third-order valence-electron chi connectivity index (χ3n) is 4.20. The summed E-state index contributed by atoms with van der Waals surface area (Å²) in [5.41, 5.74) is 1.94. The van der Waals surface area contributed by atoms with Crippen LogP contribution in [0.3, 0.4) is 0 Å². The van der Waals surface area contributed by atoms with Crippen LogP contribution in [0.15, 0.2) is 54.6 Å². The van der Waals surface area contributed by atoms with Crippen molar-refractivity contribution in [1.29, 1.82) is 0 Å². The number of para-hydroxylation sites is 2. The Balaban J connectivity index is 1.81. The molecular weight excluding hydrogens is 390 g/mol. The van der Waals surface area contributed by atoms with Crippen LogP contribution in [0.2, 0.25) is 0 Å². The van der Waals surface area contributed by atoms with Crippen molar-refractivity contribution in [3.63, 3.8) is 0 Å². The first-order chi connectivity index (χ1) is 14.0. The van der Waals surface area contributed by atoms with Gasteiger partial charge in [-0.1, -0.05) is 53.8 Å². The van der Waals surface area contributed by atoms with Crippen molar-refractivity contribution in [2.45, 2.75) is 13.0 Å². The van der Waals surface area contributed by atoms with Gasteiger partial charge in [0.1, 0.15) is 10.6 Å². The molecule has 0 bridgehead atoms. The maximum atomic E-state index is 12.9. The van der Waals surface area contributed by atoms with Gasteiger partial charge >= 0.3 is 5.97 Å². The zero-order valence-electron chi connectivity index (χ0n) is 16.3. The topological polar surface area (TPSA) is 89.5 Å². The average Bonchev–Trinajstić information content (AvgIpc) is 3.12. The number of carbonyl (C=O) groups is 2. The molecule has 1 atom stereocenters. The van der Waals surface area contributed by atoms with Gasteiger partial charge in [-0.25, -0.2) is 9.78 Å². The Bertz CT molecular complexity index is 1000. The Kier molecular flexibility index (Phi) is 6.46. The van der Waals surface area contributed by atoms with E-state index in [0.29, 0.717) is 27.0 Å². The first-order valence-electron chi connectivity index (χ1n) is 8.84. The number of rotatable bonds is 7. The molecule has 150 valence electrons. The van der Waals surface area contributed by atoms with Gasteiger partial charge in [0.2, 0.25) is 0 Å². The van der Waals surface area contributed by atoms with E-state index in [9.17, 15) is 9.59 Å². The maximum absolute atomic E-state index is 12.9. The molecule has 0 radical (unpaired) electrons. The lowest BCUT2D eigenvalue weighted by atomic mass is 10.1. The van der Waals surface area contributed by atoms with Gasteiger partial charge in [0, 0.05) is 0 Å². The van der Waals surface area contributed by atoms with Crippen LogP contribution in [-0.2, 0) is 9.53 Å². The van der Waals surface area contributed by atoms with E-state index in [-0.39, 0.29) is 0 Å². The van der Waals surface area contributed by atoms with Gasteiger partial charge in [-0.15, -0.1) is 0 Å². The van der Waals surface area contributed by atoms with Crippen LogP contribution in [0.5, 0.6) is 5.75 Å². The number of hydrogen-bond acceptors (Lipinski definition) is 7. The normalized spacial score (nSPS) is 11.4. The molecule has 8 heteroatoms. The minimum atomic E-state index is -0.902. The molecule has 7 nitrogen and oxygen atoms in total. The van der Waals surface area contributed by atoms with Gasteiger partial charge in [-0.3, -0.25) is 4.79 Å². The predicted molar refractivity (Wildman–Crippen MR) is 112 cm³/mol. The number of carbonyl (C=O) groups excluding carboxylic acids is 2. The van der Waals surface area contributed by atoms with E-state index in [0.717, 1.165) is 5.69 Å². The van der Waals surface area contributed by atoms with Crippen LogP contribution in [0.4, 0.5) is 10.8 Å². The Labute approximate surface area is 172 Å². The van der Waals surface area contributed by atoms with E-state index in [1.165, 1.54) is 18.4 Å². The second kappa shape index (κ2) is 9.20. The molecule has 29 heavy (non-hydrogen) atoms. The highest BCUT2D eigenvalue weighted by atomic mass is 32.1. The van der Waals surface area contributed by atoms with Crippen LogP contribution in [0, 0.1) is 6.92 Å². The van der Waals surface area contributed by atoms with Crippen molar-refractivity contribution >= 4 is 34.0 Å². The Morgan fingerprint density at radius 1 is 1.03 bits per heavy atom. The first kappa shape index (κ1) is 20.3.